The minimum atomic E-state index is -0.180. The molecule has 0 aromatic heterocycles. The largest absolute Gasteiger partial charge is 0.351 e. The third-order valence-electron chi connectivity index (χ3n) is 3.77. The van der Waals surface area contributed by atoms with Gasteiger partial charge in [0.15, 0.2) is 0 Å². The Morgan fingerprint density at radius 1 is 1.40 bits per heavy atom. The van der Waals surface area contributed by atoms with Gasteiger partial charge in [0.05, 0.1) is 0 Å². The van der Waals surface area contributed by atoms with E-state index in [9.17, 15) is 4.79 Å². The summed E-state index contributed by atoms with van der Waals surface area (Å²) < 4.78 is 0. The van der Waals surface area contributed by atoms with E-state index >= 15 is 0 Å². The summed E-state index contributed by atoms with van der Waals surface area (Å²) in [5, 5.41) is 3.03. The molecule has 0 aromatic rings. The van der Waals surface area contributed by atoms with E-state index in [-0.39, 0.29) is 17.5 Å². The number of nitrogens with two attached hydrogens (primary N) is 1. The minimum absolute atomic E-state index is 0.0951. The first-order valence-corrected chi connectivity index (χ1v) is 7.68. The second-order valence-electron chi connectivity index (χ2n) is 7.09. The van der Waals surface area contributed by atoms with E-state index in [1.165, 1.54) is 0 Å². The highest BCUT2D eigenvalue weighted by Gasteiger charge is 2.28. The number of nitrogens with one attached hydrogen (secondary N) is 1. The molecule has 5 nitrogen and oxygen atoms in total. The summed E-state index contributed by atoms with van der Waals surface area (Å²) in [6.07, 6.45) is 1.63. The smallest absolute Gasteiger partial charge is 0.222 e. The van der Waals surface area contributed by atoms with Crippen LogP contribution in [0.15, 0.2) is 0 Å². The molecule has 1 fully saturated rings. The van der Waals surface area contributed by atoms with Crippen LogP contribution < -0.4 is 11.1 Å². The van der Waals surface area contributed by atoms with Crippen molar-refractivity contribution >= 4 is 5.91 Å². The van der Waals surface area contributed by atoms with Crippen LogP contribution in [0.3, 0.4) is 0 Å². The Labute approximate surface area is 123 Å². The molecule has 2 unspecified atom stereocenters. The van der Waals surface area contributed by atoms with Crippen molar-refractivity contribution in [1.29, 1.82) is 0 Å². The Kier molecular flexibility index (Phi) is 6.43. The van der Waals surface area contributed by atoms with Gasteiger partial charge in [-0.1, -0.05) is 0 Å². The zero-order chi connectivity index (χ0) is 15.3. The van der Waals surface area contributed by atoms with Crippen molar-refractivity contribution in [2.75, 3.05) is 33.2 Å². The lowest BCUT2D eigenvalue weighted by Crippen LogP contribution is -2.51. The van der Waals surface area contributed by atoms with E-state index < -0.39 is 0 Å². The first-order valence-electron chi connectivity index (χ1n) is 7.68. The zero-order valence-electron chi connectivity index (χ0n) is 13.8. The van der Waals surface area contributed by atoms with Crippen molar-refractivity contribution in [2.45, 2.75) is 58.2 Å². The van der Waals surface area contributed by atoms with Gasteiger partial charge in [-0.15, -0.1) is 0 Å². The van der Waals surface area contributed by atoms with Gasteiger partial charge in [-0.3, -0.25) is 9.69 Å². The molecule has 5 heteroatoms. The van der Waals surface area contributed by atoms with E-state index in [4.69, 9.17) is 5.73 Å². The highest BCUT2D eigenvalue weighted by Crippen LogP contribution is 2.14. The fourth-order valence-corrected chi connectivity index (χ4v) is 2.95. The third kappa shape index (κ3) is 5.77. The number of hydrogen-bond donors (Lipinski definition) is 2. The Morgan fingerprint density at radius 3 is 2.60 bits per heavy atom. The van der Waals surface area contributed by atoms with Gasteiger partial charge in [0.2, 0.25) is 5.91 Å². The topological polar surface area (TPSA) is 61.6 Å². The number of rotatable bonds is 4. The van der Waals surface area contributed by atoms with Crippen molar-refractivity contribution in [3.8, 4) is 0 Å². The van der Waals surface area contributed by atoms with Crippen LogP contribution in [0.25, 0.3) is 0 Å². The number of hydrogen-bond acceptors (Lipinski definition) is 4. The maximum absolute atomic E-state index is 12.1. The molecule has 1 amide bonds. The van der Waals surface area contributed by atoms with E-state index in [2.05, 4.69) is 29.1 Å². The third-order valence-corrected chi connectivity index (χ3v) is 3.77. The fourth-order valence-electron chi connectivity index (χ4n) is 2.95. The first-order chi connectivity index (χ1) is 9.23. The van der Waals surface area contributed by atoms with Crippen LogP contribution in [-0.2, 0) is 4.79 Å². The number of carbonyl (C=O) groups excluding carboxylic acids is 1. The average molecular weight is 284 g/mol. The Morgan fingerprint density at radius 2 is 2.05 bits per heavy atom. The maximum atomic E-state index is 12.1. The van der Waals surface area contributed by atoms with Crippen LogP contribution >= 0.6 is 0 Å². The molecule has 2 atom stereocenters. The van der Waals surface area contributed by atoms with Gasteiger partial charge in [0.1, 0.15) is 0 Å². The summed E-state index contributed by atoms with van der Waals surface area (Å²) in [7, 11) is 2.16. The molecule has 0 saturated carbocycles. The highest BCUT2D eigenvalue weighted by molar-refractivity contribution is 5.77. The normalized spacial score (nSPS) is 24.2. The van der Waals surface area contributed by atoms with Crippen LogP contribution in [0.4, 0.5) is 0 Å². The van der Waals surface area contributed by atoms with Gasteiger partial charge in [-0.2, -0.15) is 0 Å². The first kappa shape index (κ1) is 17.4. The van der Waals surface area contributed by atoms with Crippen LogP contribution in [0.1, 0.15) is 40.5 Å². The quantitative estimate of drug-likeness (QED) is 0.795. The van der Waals surface area contributed by atoms with Gasteiger partial charge in [0.25, 0.3) is 0 Å². The van der Waals surface area contributed by atoms with Crippen molar-refractivity contribution < 1.29 is 4.79 Å². The molecule has 1 aliphatic heterocycles. The molecule has 0 spiro atoms. The SMILES string of the molecule is CC1CN(C)CCCN1C(CN)CC(=O)NC(C)(C)C. The van der Waals surface area contributed by atoms with Crippen molar-refractivity contribution in [3.63, 3.8) is 0 Å². The van der Waals surface area contributed by atoms with Crippen LogP contribution in [0, 0.1) is 0 Å². The molecule has 1 heterocycles. The van der Waals surface area contributed by atoms with Crippen molar-refractivity contribution in [1.82, 2.24) is 15.1 Å². The molecule has 118 valence electrons. The molecule has 20 heavy (non-hydrogen) atoms. The molecule has 3 N–H and O–H groups in total. The maximum Gasteiger partial charge on any atom is 0.222 e. The lowest BCUT2D eigenvalue weighted by molar-refractivity contribution is -0.123. The van der Waals surface area contributed by atoms with E-state index in [1.54, 1.807) is 0 Å². The van der Waals surface area contributed by atoms with Gasteiger partial charge < -0.3 is 16.0 Å². The highest BCUT2D eigenvalue weighted by atomic mass is 16.1. The van der Waals surface area contributed by atoms with E-state index in [1.807, 2.05) is 20.8 Å². The lowest BCUT2D eigenvalue weighted by Gasteiger charge is -2.35. The van der Waals surface area contributed by atoms with Gasteiger partial charge in [-0.05, 0) is 47.7 Å². The standard InChI is InChI=1S/C15H32N4O/c1-12-11-18(5)7-6-8-19(12)13(10-16)9-14(20)17-15(2,3)4/h12-13H,6-11,16H2,1-5H3,(H,17,20). The predicted molar refractivity (Wildman–Crippen MR) is 83.6 cm³/mol. The summed E-state index contributed by atoms with van der Waals surface area (Å²) in [5.74, 6) is 0.0951. The van der Waals surface area contributed by atoms with Gasteiger partial charge in [0, 0.05) is 43.7 Å². The number of carbonyl (C=O) groups is 1. The lowest BCUT2D eigenvalue weighted by atomic mass is 10.1. The molecule has 0 aliphatic carbocycles. The number of amides is 1. The Bertz CT molecular complexity index is 313. The van der Waals surface area contributed by atoms with Crippen molar-refractivity contribution in [3.05, 3.63) is 0 Å². The molecule has 0 radical (unpaired) electrons. The monoisotopic (exact) mass is 284 g/mol. The molecular weight excluding hydrogens is 252 g/mol. The van der Waals surface area contributed by atoms with E-state index in [0.717, 1.165) is 26.1 Å². The summed E-state index contributed by atoms with van der Waals surface area (Å²) in [6.45, 7) is 12.0. The van der Waals surface area contributed by atoms with Gasteiger partial charge >= 0.3 is 0 Å². The molecule has 0 aromatic carbocycles. The molecule has 0 bridgehead atoms. The second-order valence-corrected chi connectivity index (χ2v) is 7.09. The van der Waals surface area contributed by atoms with Gasteiger partial charge in [-0.25, -0.2) is 0 Å². The molecule has 1 aliphatic rings. The number of nitrogens with zero attached hydrogens (tertiary/aromatic N) is 2. The summed E-state index contributed by atoms with van der Waals surface area (Å²) >= 11 is 0. The zero-order valence-corrected chi connectivity index (χ0v) is 13.8. The number of likely N-dealkylation sites (N-methyl/N-ethyl adjacent to an activating group) is 1. The summed E-state index contributed by atoms with van der Waals surface area (Å²) in [6, 6.07) is 0.581. The molecule has 1 rings (SSSR count). The van der Waals surface area contributed by atoms with E-state index in [0.29, 0.717) is 19.0 Å². The molecular formula is C15H32N4O. The second kappa shape index (κ2) is 7.38. The average Bonchev–Trinajstić information content (AvgIpc) is 2.45. The van der Waals surface area contributed by atoms with Crippen molar-refractivity contribution in [2.24, 2.45) is 5.73 Å². The van der Waals surface area contributed by atoms with Crippen LogP contribution in [-0.4, -0.2) is 66.6 Å². The van der Waals surface area contributed by atoms with Crippen LogP contribution in [0.5, 0.6) is 0 Å². The fraction of sp³-hybridized carbons (Fsp3) is 0.933. The predicted octanol–water partition coefficient (Wildman–Crippen LogP) is 0.645. The Balaban J connectivity index is 2.62. The van der Waals surface area contributed by atoms with Crippen LogP contribution in [0.2, 0.25) is 0 Å². The summed E-state index contributed by atoms with van der Waals surface area (Å²) in [5.41, 5.74) is 5.75. The molecule has 1 saturated heterocycles. The summed E-state index contributed by atoms with van der Waals surface area (Å²) in [4.78, 5) is 16.9. The Hall–Kier alpha value is -0.650. The minimum Gasteiger partial charge on any atom is -0.351 e.